The Kier molecular flexibility index (Phi) is 3.71. The lowest BCUT2D eigenvalue weighted by molar-refractivity contribution is -0.183. The summed E-state index contributed by atoms with van der Waals surface area (Å²) < 4.78 is 0. The molecule has 2 unspecified atom stereocenters. The van der Waals surface area contributed by atoms with Crippen LogP contribution in [0.1, 0.15) is 85.0 Å². The lowest BCUT2D eigenvalue weighted by Crippen LogP contribution is -2.58. The quantitative estimate of drug-likeness (QED) is 0.745. The normalized spacial score (nSPS) is 57.3. The molecule has 0 amide bonds. The first-order valence-corrected chi connectivity index (χ1v) is 10.2. The van der Waals surface area contributed by atoms with E-state index >= 15 is 0 Å². The van der Waals surface area contributed by atoms with E-state index in [1.54, 1.807) is 6.92 Å². The second-order valence-electron chi connectivity index (χ2n) is 10.00. The van der Waals surface area contributed by atoms with E-state index in [2.05, 4.69) is 13.8 Å². The third-order valence-electron chi connectivity index (χ3n) is 9.49. The first kappa shape index (κ1) is 16.4. The van der Waals surface area contributed by atoms with Gasteiger partial charge in [0.25, 0.3) is 0 Å². The molecule has 23 heavy (non-hydrogen) atoms. The van der Waals surface area contributed by atoms with Gasteiger partial charge in [-0.25, -0.2) is 0 Å². The van der Waals surface area contributed by atoms with Gasteiger partial charge in [0.15, 0.2) is 0 Å². The van der Waals surface area contributed by atoms with Crippen LogP contribution in [0, 0.1) is 34.5 Å². The highest BCUT2D eigenvalue weighted by molar-refractivity contribution is 5.15. The third kappa shape index (κ3) is 2.00. The van der Waals surface area contributed by atoms with Gasteiger partial charge in [-0.1, -0.05) is 26.7 Å². The van der Waals surface area contributed by atoms with Gasteiger partial charge in [-0.3, -0.25) is 0 Å². The highest BCUT2D eigenvalue weighted by Gasteiger charge is 2.65. The Morgan fingerprint density at radius 2 is 1.61 bits per heavy atom. The van der Waals surface area contributed by atoms with Crippen LogP contribution in [-0.4, -0.2) is 21.9 Å². The number of aliphatic hydroxyl groups is 2. The van der Waals surface area contributed by atoms with Crippen molar-refractivity contribution in [2.24, 2.45) is 34.5 Å². The smallest absolute Gasteiger partial charge is 0.0958 e. The Morgan fingerprint density at radius 3 is 2.35 bits per heavy atom. The average Bonchev–Trinajstić information content (AvgIpc) is 2.80. The molecular weight excluding hydrogens is 284 g/mol. The minimum absolute atomic E-state index is 0.0692. The molecule has 0 aliphatic heterocycles. The molecule has 0 saturated heterocycles. The highest BCUT2D eigenvalue weighted by Crippen LogP contribution is 2.68. The zero-order chi connectivity index (χ0) is 16.5. The second kappa shape index (κ2) is 5.21. The van der Waals surface area contributed by atoms with Gasteiger partial charge in [-0.15, -0.1) is 0 Å². The van der Waals surface area contributed by atoms with E-state index in [4.69, 9.17) is 0 Å². The number of fused-ring (bicyclic) bond motifs is 5. The van der Waals surface area contributed by atoms with Crippen LogP contribution in [0.25, 0.3) is 0 Å². The molecule has 0 heterocycles. The van der Waals surface area contributed by atoms with E-state index in [1.165, 1.54) is 44.9 Å². The number of hydrogen-bond donors (Lipinski definition) is 2. The van der Waals surface area contributed by atoms with Crippen molar-refractivity contribution in [1.82, 2.24) is 0 Å². The lowest BCUT2D eigenvalue weighted by atomic mass is 9.44. The molecule has 0 bridgehead atoms. The molecule has 4 aliphatic rings. The zero-order valence-electron chi connectivity index (χ0n) is 15.4. The van der Waals surface area contributed by atoms with Crippen molar-refractivity contribution in [3.8, 4) is 0 Å². The van der Waals surface area contributed by atoms with Gasteiger partial charge in [0, 0.05) is 5.41 Å². The van der Waals surface area contributed by atoms with E-state index in [0.717, 1.165) is 37.0 Å². The summed E-state index contributed by atoms with van der Waals surface area (Å²) in [5.74, 6) is 3.25. The minimum atomic E-state index is -0.854. The topological polar surface area (TPSA) is 40.5 Å². The maximum atomic E-state index is 11.3. The minimum Gasteiger partial charge on any atom is -0.390 e. The summed E-state index contributed by atoms with van der Waals surface area (Å²) in [7, 11) is 0. The maximum Gasteiger partial charge on any atom is 0.0958 e. The predicted molar refractivity (Wildman–Crippen MR) is 93.0 cm³/mol. The molecule has 0 radical (unpaired) electrons. The summed E-state index contributed by atoms with van der Waals surface area (Å²) in [6.07, 6.45) is 12.3. The molecule has 4 aliphatic carbocycles. The number of rotatable bonds is 1. The van der Waals surface area contributed by atoms with Gasteiger partial charge < -0.3 is 10.2 Å². The molecule has 132 valence electrons. The van der Waals surface area contributed by atoms with Crippen molar-refractivity contribution in [2.75, 3.05) is 0 Å². The second-order valence-corrected chi connectivity index (χ2v) is 10.00. The molecule has 4 fully saturated rings. The Balaban J connectivity index is 1.65. The molecule has 2 heteroatoms. The van der Waals surface area contributed by atoms with Crippen LogP contribution in [0.15, 0.2) is 0 Å². The molecular formula is C21H36O2. The Hall–Kier alpha value is -0.0800. The highest BCUT2D eigenvalue weighted by atomic mass is 16.3. The Morgan fingerprint density at radius 1 is 0.870 bits per heavy atom. The van der Waals surface area contributed by atoms with Gasteiger partial charge in [-0.2, -0.15) is 0 Å². The fraction of sp³-hybridized carbons (Fsp3) is 1.00. The van der Waals surface area contributed by atoms with Crippen LogP contribution in [0.5, 0.6) is 0 Å². The van der Waals surface area contributed by atoms with E-state index in [1.807, 2.05) is 0 Å². The Labute approximate surface area is 142 Å². The van der Waals surface area contributed by atoms with E-state index < -0.39 is 11.7 Å². The molecule has 4 saturated carbocycles. The van der Waals surface area contributed by atoms with E-state index in [9.17, 15) is 10.2 Å². The van der Waals surface area contributed by atoms with Crippen molar-refractivity contribution in [1.29, 1.82) is 0 Å². The summed E-state index contributed by atoms with van der Waals surface area (Å²) in [5, 5.41) is 21.6. The first-order valence-electron chi connectivity index (χ1n) is 10.2. The monoisotopic (exact) mass is 320 g/mol. The van der Waals surface area contributed by atoms with Crippen LogP contribution in [0.3, 0.4) is 0 Å². The Bertz CT molecular complexity index is 474. The molecule has 2 N–H and O–H groups in total. The lowest BCUT2D eigenvalue weighted by Gasteiger charge is -2.61. The molecule has 0 spiro atoms. The van der Waals surface area contributed by atoms with Crippen molar-refractivity contribution in [3.05, 3.63) is 0 Å². The van der Waals surface area contributed by atoms with Crippen molar-refractivity contribution < 1.29 is 10.2 Å². The molecule has 0 aromatic rings. The number of hydrogen-bond acceptors (Lipinski definition) is 2. The fourth-order valence-electron chi connectivity index (χ4n) is 8.03. The van der Waals surface area contributed by atoms with Crippen molar-refractivity contribution in [3.63, 3.8) is 0 Å². The summed E-state index contributed by atoms with van der Waals surface area (Å²) in [6.45, 7) is 6.70. The molecule has 2 nitrogen and oxygen atoms in total. The van der Waals surface area contributed by atoms with Crippen LogP contribution >= 0.6 is 0 Å². The standard InChI is InChI=1S/C21H36O2/c1-14(22)21(23)13-10-18-16-8-7-15-6-4-5-11-19(15,2)17(16)9-12-20(18,21)3/h14-18,22-23H,4-13H2,1-3H3/t14?,15?,16-,17+,18+,19+,20+,21+/m1/s1. The van der Waals surface area contributed by atoms with E-state index in [-0.39, 0.29) is 5.41 Å². The molecule has 4 rings (SSSR count). The predicted octanol–water partition coefficient (Wildman–Crippen LogP) is 4.53. The van der Waals surface area contributed by atoms with Crippen LogP contribution in [0.2, 0.25) is 0 Å². The van der Waals surface area contributed by atoms with Gasteiger partial charge in [-0.05, 0) is 87.4 Å². The first-order chi connectivity index (χ1) is 10.8. The van der Waals surface area contributed by atoms with Gasteiger partial charge in [0.1, 0.15) is 0 Å². The zero-order valence-corrected chi connectivity index (χ0v) is 15.4. The summed E-state index contributed by atoms with van der Waals surface area (Å²) >= 11 is 0. The van der Waals surface area contributed by atoms with Crippen LogP contribution in [-0.2, 0) is 0 Å². The van der Waals surface area contributed by atoms with Gasteiger partial charge >= 0.3 is 0 Å². The van der Waals surface area contributed by atoms with Crippen LogP contribution in [0.4, 0.5) is 0 Å². The summed E-state index contributed by atoms with van der Waals surface area (Å²) in [4.78, 5) is 0. The SMILES string of the molecule is CC(O)[C@@]1(O)CC[C@H]2[C@@H]3CCC4CCCC[C@]4(C)[C@H]3CC[C@@]21C. The summed E-state index contributed by atoms with van der Waals surface area (Å²) in [5.41, 5.74) is -0.360. The van der Waals surface area contributed by atoms with Crippen molar-refractivity contribution in [2.45, 2.75) is 96.7 Å². The van der Waals surface area contributed by atoms with Crippen LogP contribution < -0.4 is 0 Å². The molecule has 0 aromatic heterocycles. The van der Waals surface area contributed by atoms with E-state index in [0.29, 0.717) is 11.3 Å². The number of aliphatic hydroxyl groups excluding tert-OH is 1. The fourth-order valence-corrected chi connectivity index (χ4v) is 8.03. The van der Waals surface area contributed by atoms with Gasteiger partial charge in [0.05, 0.1) is 11.7 Å². The summed E-state index contributed by atoms with van der Waals surface area (Å²) in [6, 6.07) is 0. The van der Waals surface area contributed by atoms with Gasteiger partial charge in [0.2, 0.25) is 0 Å². The average molecular weight is 321 g/mol. The third-order valence-corrected chi connectivity index (χ3v) is 9.49. The van der Waals surface area contributed by atoms with Crippen molar-refractivity contribution >= 4 is 0 Å². The maximum absolute atomic E-state index is 11.3. The molecule has 0 aromatic carbocycles. The molecule has 8 atom stereocenters. The largest absolute Gasteiger partial charge is 0.390 e.